The molecule has 1 aliphatic heterocycles. The topological polar surface area (TPSA) is 103 Å². The van der Waals surface area contributed by atoms with Crippen LogP contribution in [0.1, 0.15) is 37.3 Å². The van der Waals surface area contributed by atoms with E-state index in [2.05, 4.69) is 4.98 Å². The van der Waals surface area contributed by atoms with Crippen LogP contribution in [-0.4, -0.2) is 52.6 Å². The number of aryl methyl sites for hydroxylation is 1. The summed E-state index contributed by atoms with van der Waals surface area (Å²) in [6.45, 7) is 7.01. The number of rotatable bonds is 7. The van der Waals surface area contributed by atoms with Crippen LogP contribution in [0.2, 0.25) is 0 Å². The van der Waals surface area contributed by atoms with E-state index in [0.29, 0.717) is 32.5 Å². The molecule has 0 saturated carbocycles. The molecule has 1 saturated heterocycles. The number of nitrogens with zero attached hydrogens (tertiary/aromatic N) is 2. The van der Waals surface area contributed by atoms with E-state index in [4.69, 9.17) is 10.5 Å². The molecule has 1 aromatic rings. The fourth-order valence-electron chi connectivity index (χ4n) is 2.83. The van der Waals surface area contributed by atoms with E-state index >= 15 is 0 Å². The second-order valence-corrected chi connectivity index (χ2v) is 8.91. The van der Waals surface area contributed by atoms with Crippen LogP contribution in [0.5, 0.6) is 0 Å². The first kappa shape index (κ1) is 20.7. The van der Waals surface area contributed by atoms with Crippen LogP contribution in [0.15, 0.2) is 4.34 Å². The fraction of sp³-hybridized carbons (Fsp3) is 0.647. The summed E-state index contributed by atoms with van der Waals surface area (Å²) in [6, 6.07) is 0. The molecule has 0 spiro atoms. The Bertz CT molecular complexity index is 669. The van der Waals surface area contributed by atoms with Crippen molar-refractivity contribution in [1.82, 2.24) is 9.88 Å². The van der Waals surface area contributed by atoms with E-state index < -0.39 is 0 Å². The van der Waals surface area contributed by atoms with Gasteiger partial charge in [-0.05, 0) is 33.6 Å². The highest BCUT2D eigenvalue weighted by molar-refractivity contribution is 8.02. The van der Waals surface area contributed by atoms with Crippen molar-refractivity contribution in [2.45, 2.75) is 49.6 Å². The summed E-state index contributed by atoms with van der Waals surface area (Å²) in [7, 11) is 0. The Morgan fingerprint density at radius 3 is 2.62 bits per heavy atom. The molecule has 2 heterocycles. The molecule has 1 fully saturated rings. The number of carbonyl (C=O) groups is 3. The number of piperidine rings is 1. The zero-order valence-electron chi connectivity index (χ0n) is 15.3. The maximum Gasteiger partial charge on any atom is 0.309 e. The molecular formula is C17H25N3O4S2. The number of esters is 1. The van der Waals surface area contributed by atoms with E-state index in [1.807, 2.05) is 13.8 Å². The standard InChI is InChI=1S/C17H25N3O4S2/c1-4-24-16(23)12-5-7-20(8-6-12)15(22)11(3)25-17-19-10(2)13(26-17)9-14(18)21/h11-12H,4-9H2,1-3H3,(H2,18,21)/t11-/m0/s1. The Morgan fingerprint density at radius 2 is 2.04 bits per heavy atom. The molecule has 0 radical (unpaired) electrons. The maximum atomic E-state index is 12.7. The third kappa shape index (κ3) is 5.44. The van der Waals surface area contributed by atoms with E-state index in [9.17, 15) is 14.4 Å². The van der Waals surface area contributed by atoms with Gasteiger partial charge in [0, 0.05) is 18.0 Å². The Kier molecular flexibility index (Phi) is 7.45. The van der Waals surface area contributed by atoms with Crippen LogP contribution in [-0.2, 0) is 25.5 Å². The first-order chi connectivity index (χ1) is 12.3. The van der Waals surface area contributed by atoms with Crippen molar-refractivity contribution in [1.29, 1.82) is 0 Å². The molecule has 1 aromatic heterocycles. The molecular weight excluding hydrogens is 374 g/mol. The first-order valence-corrected chi connectivity index (χ1v) is 10.4. The number of amides is 2. The number of hydrogen-bond acceptors (Lipinski definition) is 7. The van der Waals surface area contributed by atoms with Gasteiger partial charge in [-0.25, -0.2) is 4.98 Å². The highest BCUT2D eigenvalue weighted by atomic mass is 32.2. The molecule has 0 bridgehead atoms. The summed E-state index contributed by atoms with van der Waals surface area (Å²) in [4.78, 5) is 42.6. The van der Waals surface area contributed by atoms with Crippen LogP contribution < -0.4 is 5.73 Å². The largest absolute Gasteiger partial charge is 0.466 e. The summed E-state index contributed by atoms with van der Waals surface area (Å²) < 4.78 is 5.82. The van der Waals surface area contributed by atoms with Gasteiger partial charge in [-0.3, -0.25) is 14.4 Å². The number of aromatic nitrogens is 1. The van der Waals surface area contributed by atoms with Crippen LogP contribution in [0.4, 0.5) is 0 Å². The smallest absolute Gasteiger partial charge is 0.309 e. The number of hydrogen-bond donors (Lipinski definition) is 1. The number of likely N-dealkylation sites (tertiary alicyclic amines) is 1. The molecule has 2 amide bonds. The zero-order valence-corrected chi connectivity index (χ0v) is 17.0. The lowest BCUT2D eigenvalue weighted by Gasteiger charge is -2.32. The van der Waals surface area contributed by atoms with Gasteiger partial charge >= 0.3 is 5.97 Å². The minimum Gasteiger partial charge on any atom is -0.466 e. The average Bonchev–Trinajstić information content (AvgIpc) is 2.93. The van der Waals surface area contributed by atoms with Gasteiger partial charge in [0.05, 0.1) is 29.9 Å². The van der Waals surface area contributed by atoms with Crippen molar-refractivity contribution in [3.05, 3.63) is 10.6 Å². The van der Waals surface area contributed by atoms with Gasteiger partial charge in [0.1, 0.15) is 0 Å². The van der Waals surface area contributed by atoms with E-state index in [0.717, 1.165) is 14.9 Å². The molecule has 9 heteroatoms. The number of carbonyl (C=O) groups excluding carboxylic acids is 3. The van der Waals surface area contributed by atoms with E-state index in [1.165, 1.54) is 23.1 Å². The second kappa shape index (κ2) is 9.36. The molecule has 144 valence electrons. The number of primary amides is 1. The number of thioether (sulfide) groups is 1. The van der Waals surface area contributed by atoms with Gasteiger partial charge in [0.15, 0.2) is 4.34 Å². The quantitative estimate of drug-likeness (QED) is 0.554. The first-order valence-electron chi connectivity index (χ1n) is 8.68. The molecule has 7 nitrogen and oxygen atoms in total. The van der Waals surface area contributed by atoms with Crippen LogP contribution in [0.3, 0.4) is 0 Å². The van der Waals surface area contributed by atoms with E-state index in [1.54, 1.807) is 11.8 Å². The summed E-state index contributed by atoms with van der Waals surface area (Å²) in [5.74, 6) is -0.620. The van der Waals surface area contributed by atoms with Crippen molar-refractivity contribution < 1.29 is 19.1 Å². The normalized spacial score (nSPS) is 16.3. The lowest BCUT2D eigenvalue weighted by atomic mass is 9.97. The SMILES string of the molecule is CCOC(=O)C1CCN(C(=O)[C@H](C)Sc2nc(C)c(CC(N)=O)s2)CC1. The molecule has 1 aliphatic rings. The highest BCUT2D eigenvalue weighted by Crippen LogP contribution is 2.32. The van der Waals surface area contributed by atoms with Crippen molar-refractivity contribution in [3.63, 3.8) is 0 Å². The third-order valence-corrected chi connectivity index (χ3v) is 6.60. The van der Waals surface area contributed by atoms with Gasteiger partial charge < -0.3 is 15.4 Å². The van der Waals surface area contributed by atoms with Gasteiger partial charge in [-0.2, -0.15) is 0 Å². The zero-order chi connectivity index (χ0) is 19.3. The molecule has 0 aliphatic carbocycles. The molecule has 0 unspecified atom stereocenters. The molecule has 1 atom stereocenters. The Morgan fingerprint density at radius 1 is 1.38 bits per heavy atom. The van der Waals surface area contributed by atoms with Gasteiger partial charge in [-0.15, -0.1) is 11.3 Å². The lowest BCUT2D eigenvalue weighted by Crippen LogP contribution is -2.43. The Labute approximate surface area is 161 Å². The number of thiazole rings is 1. The minimum absolute atomic E-state index is 0.0432. The van der Waals surface area contributed by atoms with Crippen LogP contribution in [0, 0.1) is 12.8 Å². The van der Waals surface area contributed by atoms with Crippen LogP contribution >= 0.6 is 23.1 Å². The average molecular weight is 400 g/mol. The number of ether oxygens (including phenoxy) is 1. The Balaban J connectivity index is 1.88. The predicted molar refractivity (Wildman–Crippen MR) is 101 cm³/mol. The van der Waals surface area contributed by atoms with Crippen molar-refractivity contribution >= 4 is 40.9 Å². The molecule has 2 rings (SSSR count). The Hall–Kier alpha value is -1.61. The maximum absolute atomic E-state index is 12.7. The van der Waals surface area contributed by atoms with Gasteiger partial charge in [0.25, 0.3) is 0 Å². The fourth-order valence-corrected chi connectivity index (χ4v) is 5.30. The molecule has 0 aromatic carbocycles. The summed E-state index contributed by atoms with van der Waals surface area (Å²) in [5, 5.41) is -0.277. The van der Waals surface area contributed by atoms with E-state index in [-0.39, 0.29) is 35.4 Å². The molecule has 2 N–H and O–H groups in total. The van der Waals surface area contributed by atoms with Crippen molar-refractivity contribution in [2.24, 2.45) is 11.7 Å². The third-order valence-electron chi connectivity index (χ3n) is 4.26. The van der Waals surface area contributed by atoms with Gasteiger partial charge in [0.2, 0.25) is 11.8 Å². The van der Waals surface area contributed by atoms with Crippen molar-refractivity contribution in [2.75, 3.05) is 19.7 Å². The van der Waals surface area contributed by atoms with Crippen LogP contribution in [0.25, 0.3) is 0 Å². The molecule has 26 heavy (non-hydrogen) atoms. The highest BCUT2D eigenvalue weighted by Gasteiger charge is 2.30. The summed E-state index contributed by atoms with van der Waals surface area (Å²) >= 11 is 2.80. The lowest BCUT2D eigenvalue weighted by molar-refractivity contribution is -0.151. The van der Waals surface area contributed by atoms with Crippen molar-refractivity contribution in [3.8, 4) is 0 Å². The monoisotopic (exact) mass is 399 g/mol. The second-order valence-electron chi connectivity index (χ2n) is 6.24. The summed E-state index contributed by atoms with van der Waals surface area (Å²) in [6.07, 6.45) is 1.45. The predicted octanol–water partition coefficient (Wildman–Crippen LogP) is 1.76. The minimum atomic E-state index is -0.387. The number of nitrogens with two attached hydrogens (primary N) is 1. The van der Waals surface area contributed by atoms with Gasteiger partial charge in [-0.1, -0.05) is 11.8 Å². The summed E-state index contributed by atoms with van der Waals surface area (Å²) in [5.41, 5.74) is 6.02.